The number of rotatable bonds is 3. The molecule has 1 aliphatic heterocycles. The maximum Gasteiger partial charge on any atom is 0.303 e. The van der Waals surface area contributed by atoms with Crippen molar-refractivity contribution in [3.05, 3.63) is 22.9 Å². The third kappa shape index (κ3) is 3.16. The first-order valence-corrected chi connectivity index (χ1v) is 7.44. The van der Waals surface area contributed by atoms with E-state index in [2.05, 4.69) is 31.3 Å². The van der Waals surface area contributed by atoms with E-state index in [1.807, 2.05) is 12.1 Å². The number of ether oxygens (including phenoxy) is 2. The molecule has 0 aliphatic carbocycles. The number of aromatic nitrogens is 3. The van der Waals surface area contributed by atoms with Crippen LogP contribution in [0.25, 0.3) is 5.52 Å². The smallest absolute Gasteiger partial charge is 0.303 e. The number of esters is 1. The molecule has 1 aliphatic rings. The lowest BCUT2D eigenvalue weighted by Crippen LogP contribution is -2.44. The largest absolute Gasteiger partial charge is 0.458 e. The quantitative estimate of drug-likeness (QED) is 0.844. The van der Waals surface area contributed by atoms with Gasteiger partial charge in [0.05, 0.1) is 24.4 Å². The van der Waals surface area contributed by atoms with Crippen LogP contribution in [0.2, 0.25) is 0 Å². The fraction of sp³-hybridized carbons (Fsp3) is 0.462. The second kappa shape index (κ2) is 5.98. The molecule has 0 unspecified atom stereocenters. The van der Waals surface area contributed by atoms with Crippen molar-refractivity contribution in [2.45, 2.75) is 25.5 Å². The number of nitrogens with one attached hydrogen (secondary N) is 1. The Kier molecular flexibility index (Phi) is 4.07. The van der Waals surface area contributed by atoms with Crippen LogP contribution in [0.4, 0.5) is 5.95 Å². The zero-order valence-electron chi connectivity index (χ0n) is 11.5. The van der Waals surface area contributed by atoms with Crippen molar-refractivity contribution >= 4 is 33.4 Å². The summed E-state index contributed by atoms with van der Waals surface area (Å²) in [7, 11) is 0. The highest BCUT2D eigenvalue weighted by Crippen LogP contribution is 2.18. The summed E-state index contributed by atoms with van der Waals surface area (Å²) in [6, 6.07) is 3.77. The van der Waals surface area contributed by atoms with Gasteiger partial charge in [-0.1, -0.05) is 0 Å². The lowest BCUT2D eigenvalue weighted by Gasteiger charge is -2.31. The highest BCUT2D eigenvalue weighted by atomic mass is 79.9. The maximum atomic E-state index is 11.1. The van der Waals surface area contributed by atoms with E-state index < -0.39 is 0 Å². The third-order valence-electron chi connectivity index (χ3n) is 3.29. The Morgan fingerprint density at radius 1 is 1.57 bits per heavy atom. The van der Waals surface area contributed by atoms with Crippen molar-refractivity contribution in [3.8, 4) is 0 Å². The molecule has 0 spiro atoms. The van der Waals surface area contributed by atoms with Gasteiger partial charge in [0.1, 0.15) is 10.7 Å². The second-order valence-corrected chi connectivity index (χ2v) is 5.65. The normalized spacial score (nSPS) is 22.2. The Balaban J connectivity index is 1.78. The molecule has 2 atom stereocenters. The van der Waals surface area contributed by atoms with E-state index >= 15 is 0 Å². The maximum absolute atomic E-state index is 11.1. The molecule has 2 aromatic heterocycles. The predicted octanol–water partition coefficient (Wildman–Crippen LogP) is 1.62. The predicted molar refractivity (Wildman–Crippen MR) is 79.1 cm³/mol. The lowest BCUT2D eigenvalue weighted by molar-refractivity contribution is -0.153. The van der Waals surface area contributed by atoms with Crippen LogP contribution >= 0.6 is 15.9 Å². The van der Waals surface area contributed by atoms with E-state index in [0.717, 1.165) is 16.5 Å². The number of carbonyl (C=O) groups is 1. The first-order valence-electron chi connectivity index (χ1n) is 6.65. The van der Waals surface area contributed by atoms with Crippen LogP contribution < -0.4 is 5.32 Å². The van der Waals surface area contributed by atoms with E-state index in [9.17, 15) is 4.79 Å². The van der Waals surface area contributed by atoms with Crippen molar-refractivity contribution in [1.29, 1.82) is 0 Å². The van der Waals surface area contributed by atoms with Crippen LogP contribution in [-0.4, -0.2) is 45.9 Å². The van der Waals surface area contributed by atoms with Crippen LogP contribution in [0, 0.1) is 0 Å². The van der Waals surface area contributed by atoms with Gasteiger partial charge >= 0.3 is 5.97 Å². The van der Waals surface area contributed by atoms with Gasteiger partial charge in [-0.25, -0.2) is 9.50 Å². The minimum Gasteiger partial charge on any atom is -0.458 e. The molecule has 3 rings (SSSR count). The molecule has 7 nitrogen and oxygen atoms in total. The van der Waals surface area contributed by atoms with Gasteiger partial charge < -0.3 is 14.8 Å². The molecule has 0 aromatic carbocycles. The summed E-state index contributed by atoms with van der Waals surface area (Å²) in [4.78, 5) is 15.4. The van der Waals surface area contributed by atoms with Gasteiger partial charge in [-0.05, 0) is 34.5 Å². The lowest BCUT2D eigenvalue weighted by atomic mass is 10.1. The third-order valence-corrected chi connectivity index (χ3v) is 3.89. The fourth-order valence-electron chi connectivity index (χ4n) is 2.31. The van der Waals surface area contributed by atoms with Gasteiger partial charge in [0, 0.05) is 13.5 Å². The number of fused-ring (bicyclic) bond motifs is 1. The number of anilines is 1. The van der Waals surface area contributed by atoms with Crippen molar-refractivity contribution < 1.29 is 14.3 Å². The summed E-state index contributed by atoms with van der Waals surface area (Å²) in [6.07, 6.45) is 2.13. The molecule has 2 aromatic rings. The molecule has 1 saturated heterocycles. The monoisotopic (exact) mass is 354 g/mol. The molecule has 0 amide bonds. The molecule has 1 fully saturated rings. The highest BCUT2D eigenvalue weighted by Gasteiger charge is 2.29. The van der Waals surface area contributed by atoms with E-state index in [0.29, 0.717) is 19.2 Å². The molecule has 21 heavy (non-hydrogen) atoms. The number of hydrogen-bond donors (Lipinski definition) is 1. The van der Waals surface area contributed by atoms with Crippen LogP contribution in [0.3, 0.4) is 0 Å². The number of hydrogen-bond acceptors (Lipinski definition) is 6. The minimum absolute atomic E-state index is 0.0607. The number of halogens is 1. The van der Waals surface area contributed by atoms with Crippen molar-refractivity contribution in [1.82, 2.24) is 14.6 Å². The van der Waals surface area contributed by atoms with Crippen molar-refractivity contribution in [2.75, 3.05) is 18.5 Å². The molecule has 0 bridgehead atoms. The van der Waals surface area contributed by atoms with Crippen LogP contribution in [0.15, 0.2) is 22.9 Å². The summed E-state index contributed by atoms with van der Waals surface area (Å²) in [5, 5.41) is 7.63. The van der Waals surface area contributed by atoms with Gasteiger partial charge in [-0.2, -0.15) is 0 Å². The van der Waals surface area contributed by atoms with E-state index in [1.54, 1.807) is 10.7 Å². The van der Waals surface area contributed by atoms with E-state index in [1.165, 1.54) is 6.92 Å². The van der Waals surface area contributed by atoms with Gasteiger partial charge in [-0.3, -0.25) is 4.79 Å². The molecule has 0 saturated carbocycles. The van der Waals surface area contributed by atoms with Crippen molar-refractivity contribution in [3.63, 3.8) is 0 Å². The van der Waals surface area contributed by atoms with Gasteiger partial charge in [0.25, 0.3) is 0 Å². The summed E-state index contributed by atoms with van der Waals surface area (Å²) < 4.78 is 13.2. The first kappa shape index (κ1) is 14.3. The van der Waals surface area contributed by atoms with Gasteiger partial charge in [-0.15, -0.1) is 5.10 Å². The molecule has 0 radical (unpaired) electrons. The molecule has 3 heterocycles. The Labute approximate surface area is 129 Å². The number of nitrogens with zero attached hydrogens (tertiary/aromatic N) is 3. The van der Waals surface area contributed by atoms with E-state index in [-0.39, 0.29) is 18.1 Å². The second-order valence-electron chi connectivity index (χ2n) is 4.84. The molecule has 8 heteroatoms. The molecule has 1 N–H and O–H groups in total. The number of carbonyl (C=O) groups excluding carboxylic acids is 1. The van der Waals surface area contributed by atoms with Crippen LogP contribution in [0.5, 0.6) is 0 Å². The zero-order valence-corrected chi connectivity index (χ0v) is 13.0. The summed E-state index contributed by atoms with van der Waals surface area (Å²) in [5.41, 5.74) is 0.899. The molecule has 112 valence electrons. The highest BCUT2D eigenvalue weighted by molar-refractivity contribution is 9.10. The first-order chi connectivity index (χ1) is 10.1. The average molecular weight is 355 g/mol. The van der Waals surface area contributed by atoms with Gasteiger partial charge in [0.15, 0.2) is 0 Å². The van der Waals surface area contributed by atoms with E-state index in [4.69, 9.17) is 9.47 Å². The Hall–Kier alpha value is -1.67. The van der Waals surface area contributed by atoms with Crippen LogP contribution in [-0.2, 0) is 14.3 Å². The fourth-order valence-corrected chi connectivity index (χ4v) is 2.72. The Morgan fingerprint density at radius 3 is 3.24 bits per heavy atom. The summed E-state index contributed by atoms with van der Waals surface area (Å²) >= 11 is 3.43. The Bertz CT molecular complexity index is 660. The van der Waals surface area contributed by atoms with Crippen molar-refractivity contribution in [2.24, 2.45) is 0 Å². The zero-order chi connectivity index (χ0) is 14.8. The minimum atomic E-state index is -0.330. The molecular formula is C13H15BrN4O3. The topological polar surface area (TPSA) is 77.8 Å². The summed E-state index contributed by atoms with van der Waals surface area (Å²) in [6.45, 7) is 2.39. The average Bonchev–Trinajstić information content (AvgIpc) is 2.82. The Morgan fingerprint density at radius 2 is 2.43 bits per heavy atom. The molecular weight excluding hydrogens is 340 g/mol. The standard InChI is InChI=1S/C13H15BrN4O3/c1-8(19)21-11-7-20-5-4-10(11)16-13-15-6-9-2-3-12(14)18(9)17-13/h2-3,6,10-11H,4-5,7H2,1H3,(H,16,17)/t10-,11-/m1/s1. The van der Waals surface area contributed by atoms with Crippen LogP contribution in [0.1, 0.15) is 13.3 Å². The SMILES string of the molecule is CC(=O)O[C@@H]1COCC[C@H]1Nc1ncc2ccc(Br)n2n1. The summed E-state index contributed by atoms with van der Waals surface area (Å²) in [5.74, 6) is 0.172. The van der Waals surface area contributed by atoms with Gasteiger partial charge in [0.2, 0.25) is 5.95 Å².